The number of ketones is 1. The number of hydrogen-bond donors (Lipinski definition) is 0. The average molecular weight is 284 g/mol. The Morgan fingerprint density at radius 2 is 2.10 bits per heavy atom. The molecule has 108 valence electrons. The first kappa shape index (κ1) is 13.8. The Balaban J connectivity index is 1.81. The van der Waals surface area contributed by atoms with E-state index in [0.717, 1.165) is 17.7 Å². The molecule has 1 atom stereocenters. The van der Waals surface area contributed by atoms with E-state index in [-0.39, 0.29) is 17.5 Å². The number of aryl methyl sites for hydroxylation is 1. The van der Waals surface area contributed by atoms with Crippen molar-refractivity contribution >= 4 is 5.78 Å². The fraction of sp³-hybridized carbons (Fsp3) is 0.278. The van der Waals surface area contributed by atoms with Crippen LogP contribution in [0.4, 0.5) is 4.39 Å². The molecule has 0 aliphatic carbocycles. The van der Waals surface area contributed by atoms with Gasteiger partial charge in [-0.2, -0.15) is 0 Å². The Morgan fingerprint density at radius 3 is 2.90 bits per heavy atom. The zero-order chi connectivity index (χ0) is 14.8. The average Bonchev–Trinajstić information content (AvgIpc) is 2.50. The van der Waals surface area contributed by atoms with Crippen molar-refractivity contribution in [3.8, 4) is 5.75 Å². The first-order chi connectivity index (χ1) is 10.1. The Hall–Kier alpha value is -2.16. The maximum atomic E-state index is 13.3. The van der Waals surface area contributed by atoms with Crippen molar-refractivity contribution in [2.75, 3.05) is 6.61 Å². The maximum absolute atomic E-state index is 13.3. The van der Waals surface area contributed by atoms with Gasteiger partial charge in [0.1, 0.15) is 11.6 Å². The summed E-state index contributed by atoms with van der Waals surface area (Å²) >= 11 is 0. The molecule has 1 heterocycles. The number of para-hydroxylation sites is 1. The second-order valence-electron chi connectivity index (χ2n) is 5.46. The zero-order valence-corrected chi connectivity index (χ0v) is 11.9. The van der Waals surface area contributed by atoms with Crippen molar-refractivity contribution < 1.29 is 13.9 Å². The van der Waals surface area contributed by atoms with Crippen LogP contribution >= 0.6 is 0 Å². The van der Waals surface area contributed by atoms with Crippen LogP contribution < -0.4 is 4.74 Å². The molecular weight excluding hydrogens is 267 g/mol. The van der Waals surface area contributed by atoms with Crippen LogP contribution in [0, 0.1) is 12.7 Å². The van der Waals surface area contributed by atoms with E-state index >= 15 is 0 Å². The van der Waals surface area contributed by atoms with Gasteiger partial charge in [-0.1, -0.05) is 18.2 Å². The van der Waals surface area contributed by atoms with Crippen molar-refractivity contribution in [1.82, 2.24) is 0 Å². The van der Waals surface area contributed by atoms with Crippen molar-refractivity contribution in [3.63, 3.8) is 0 Å². The van der Waals surface area contributed by atoms with Gasteiger partial charge in [-0.05, 0) is 54.7 Å². The first-order valence-electron chi connectivity index (χ1n) is 7.16. The summed E-state index contributed by atoms with van der Waals surface area (Å²) in [5.41, 5.74) is 2.18. The number of benzene rings is 2. The third-order valence-electron chi connectivity index (χ3n) is 3.99. The molecule has 21 heavy (non-hydrogen) atoms. The molecule has 0 radical (unpaired) electrons. The van der Waals surface area contributed by atoms with E-state index in [2.05, 4.69) is 0 Å². The van der Waals surface area contributed by atoms with Gasteiger partial charge in [0.2, 0.25) is 0 Å². The van der Waals surface area contributed by atoms with Gasteiger partial charge in [-0.15, -0.1) is 0 Å². The molecule has 2 aromatic rings. The molecule has 0 saturated heterocycles. The zero-order valence-electron chi connectivity index (χ0n) is 11.9. The third kappa shape index (κ3) is 2.82. The number of hydrogen-bond acceptors (Lipinski definition) is 2. The van der Waals surface area contributed by atoms with Crippen LogP contribution in [0.2, 0.25) is 0 Å². The molecule has 2 aromatic carbocycles. The van der Waals surface area contributed by atoms with Gasteiger partial charge in [0, 0.05) is 12.0 Å². The standard InChI is InChI=1S/C18H17FO2/c1-12-10-14(6-7-16(12)19)17(20)11-13-8-9-21-18-5-3-2-4-15(13)18/h2-7,10,13H,8-9,11H2,1H3. The minimum Gasteiger partial charge on any atom is -0.493 e. The first-order valence-corrected chi connectivity index (χ1v) is 7.16. The number of fused-ring (bicyclic) bond motifs is 1. The summed E-state index contributed by atoms with van der Waals surface area (Å²) < 4.78 is 18.9. The molecule has 0 N–H and O–H groups in total. The molecule has 1 aliphatic rings. The van der Waals surface area contributed by atoms with Crippen molar-refractivity contribution in [3.05, 3.63) is 65.0 Å². The number of rotatable bonds is 3. The fourth-order valence-corrected chi connectivity index (χ4v) is 2.79. The number of carbonyl (C=O) groups excluding carboxylic acids is 1. The van der Waals surface area contributed by atoms with Crippen molar-refractivity contribution in [2.45, 2.75) is 25.7 Å². The van der Waals surface area contributed by atoms with E-state index in [1.54, 1.807) is 19.1 Å². The van der Waals surface area contributed by atoms with E-state index in [1.165, 1.54) is 6.07 Å². The van der Waals surface area contributed by atoms with E-state index in [9.17, 15) is 9.18 Å². The lowest BCUT2D eigenvalue weighted by Gasteiger charge is -2.25. The highest BCUT2D eigenvalue weighted by atomic mass is 19.1. The summed E-state index contributed by atoms with van der Waals surface area (Å²) in [5.74, 6) is 0.826. The molecule has 0 aromatic heterocycles. The number of Topliss-reactive ketones (excluding diaryl/α,β-unsaturated/α-hetero) is 1. The van der Waals surface area contributed by atoms with Gasteiger partial charge >= 0.3 is 0 Å². The van der Waals surface area contributed by atoms with Crippen LogP contribution in [0.3, 0.4) is 0 Å². The monoisotopic (exact) mass is 284 g/mol. The van der Waals surface area contributed by atoms with E-state index in [0.29, 0.717) is 24.2 Å². The van der Waals surface area contributed by atoms with Crippen LogP contribution in [0.5, 0.6) is 5.75 Å². The summed E-state index contributed by atoms with van der Waals surface area (Å²) in [6.45, 7) is 2.31. The van der Waals surface area contributed by atoms with Gasteiger partial charge in [0.25, 0.3) is 0 Å². The summed E-state index contributed by atoms with van der Waals surface area (Å²) in [7, 11) is 0. The predicted octanol–water partition coefficient (Wildman–Crippen LogP) is 4.27. The Labute approximate surface area is 123 Å². The highest BCUT2D eigenvalue weighted by molar-refractivity contribution is 5.96. The van der Waals surface area contributed by atoms with E-state index < -0.39 is 0 Å². The summed E-state index contributed by atoms with van der Waals surface area (Å²) in [6, 6.07) is 12.4. The second-order valence-corrected chi connectivity index (χ2v) is 5.46. The molecule has 0 spiro atoms. The van der Waals surface area contributed by atoms with Crippen LogP contribution in [-0.4, -0.2) is 12.4 Å². The largest absolute Gasteiger partial charge is 0.493 e. The third-order valence-corrected chi connectivity index (χ3v) is 3.99. The molecule has 0 bridgehead atoms. The quantitative estimate of drug-likeness (QED) is 0.787. The molecule has 1 unspecified atom stereocenters. The predicted molar refractivity (Wildman–Crippen MR) is 79.4 cm³/mol. The Morgan fingerprint density at radius 1 is 1.29 bits per heavy atom. The minimum atomic E-state index is -0.275. The maximum Gasteiger partial charge on any atom is 0.163 e. The normalized spacial score (nSPS) is 17.0. The topological polar surface area (TPSA) is 26.3 Å². The number of carbonyl (C=O) groups is 1. The second kappa shape index (κ2) is 5.68. The smallest absolute Gasteiger partial charge is 0.163 e. The summed E-state index contributed by atoms with van der Waals surface area (Å²) in [6.07, 6.45) is 1.27. The molecule has 3 heteroatoms. The molecule has 2 nitrogen and oxygen atoms in total. The molecule has 0 amide bonds. The van der Waals surface area contributed by atoms with E-state index in [4.69, 9.17) is 4.74 Å². The van der Waals surface area contributed by atoms with Crippen LogP contribution in [0.1, 0.15) is 40.2 Å². The lowest BCUT2D eigenvalue weighted by atomic mass is 9.87. The number of halogens is 1. The van der Waals surface area contributed by atoms with Gasteiger partial charge in [-0.25, -0.2) is 4.39 Å². The summed E-state index contributed by atoms with van der Waals surface area (Å²) in [5, 5.41) is 0. The summed E-state index contributed by atoms with van der Waals surface area (Å²) in [4.78, 5) is 12.4. The van der Waals surface area contributed by atoms with Gasteiger partial charge in [0.05, 0.1) is 6.61 Å². The molecular formula is C18H17FO2. The highest BCUT2D eigenvalue weighted by Gasteiger charge is 2.24. The highest BCUT2D eigenvalue weighted by Crippen LogP contribution is 2.36. The molecule has 3 rings (SSSR count). The lowest BCUT2D eigenvalue weighted by Crippen LogP contribution is -2.17. The molecule has 0 fully saturated rings. The van der Waals surface area contributed by atoms with Crippen molar-refractivity contribution in [1.29, 1.82) is 0 Å². The van der Waals surface area contributed by atoms with Crippen LogP contribution in [-0.2, 0) is 0 Å². The minimum absolute atomic E-state index is 0.0554. The Kier molecular flexibility index (Phi) is 3.74. The van der Waals surface area contributed by atoms with Crippen LogP contribution in [0.15, 0.2) is 42.5 Å². The molecule has 1 aliphatic heterocycles. The fourth-order valence-electron chi connectivity index (χ4n) is 2.79. The van der Waals surface area contributed by atoms with Gasteiger partial charge < -0.3 is 4.74 Å². The molecule has 0 saturated carbocycles. The Bertz CT molecular complexity index is 679. The van der Waals surface area contributed by atoms with Gasteiger partial charge in [-0.3, -0.25) is 4.79 Å². The SMILES string of the molecule is Cc1cc(C(=O)CC2CCOc3ccccc32)ccc1F. The van der Waals surface area contributed by atoms with Gasteiger partial charge in [0.15, 0.2) is 5.78 Å². The lowest BCUT2D eigenvalue weighted by molar-refractivity contribution is 0.0965. The van der Waals surface area contributed by atoms with Crippen molar-refractivity contribution in [2.24, 2.45) is 0 Å². The van der Waals surface area contributed by atoms with Crippen LogP contribution in [0.25, 0.3) is 0 Å². The van der Waals surface area contributed by atoms with E-state index in [1.807, 2.05) is 24.3 Å². The number of ether oxygens (including phenoxy) is 1.